The lowest BCUT2D eigenvalue weighted by atomic mass is 10.1. The summed E-state index contributed by atoms with van der Waals surface area (Å²) >= 11 is 0. The SMILES string of the molecule is O=C(CN(CC(O)c1ccc(F)cc1)C1CC1)Nc1ccccc1F. The summed E-state index contributed by atoms with van der Waals surface area (Å²) in [6, 6.07) is 11.9. The van der Waals surface area contributed by atoms with Gasteiger partial charge in [-0.2, -0.15) is 0 Å². The highest BCUT2D eigenvalue weighted by Crippen LogP contribution is 2.29. The molecule has 132 valence electrons. The number of benzene rings is 2. The number of nitrogens with zero attached hydrogens (tertiary/aromatic N) is 1. The molecule has 4 nitrogen and oxygen atoms in total. The molecule has 0 aromatic heterocycles. The number of aliphatic hydroxyl groups is 1. The van der Waals surface area contributed by atoms with Gasteiger partial charge in [0.25, 0.3) is 0 Å². The third kappa shape index (κ3) is 4.84. The Kier molecular flexibility index (Phi) is 5.40. The van der Waals surface area contributed by atoms with E-state index in [2.05, 4.69) is 5.32 Å². The van der Waals surface area contributed by atoms with Gasteiger partial charge in [-0.3, -0.25) is 9.69 Å². The molecule has 0 bridgehead atoms. The highest BCUT2D eigenvalue weighted by Gasteiger charge is 2.32. The molecule has 25 heavy (non-hydrogen) atoms. The number of halogens is 2. The van der Waals surface area contributed by atoms with Crippen molar-refractivity contribution in [1.29, 1.82) is 0 Å². The van der Waals surface area contributed by atoms with E-state index in [1.54, 1.807) is 12.1 Å². The van der Waals surface area contributed by atoms with E-state index in [1.165, 1.54) is 36.4 Å². The van der Waals surface area contributed by atoms with Crippen molar-refractivity contribution in [3.63, 3.8) is 0 Å². The van der Waals surface area contributed by atoms with Gasteiger partial charge in [-0.25, -0.2) is 8.78 Å². The van der Waals surface area contributed by atoms with Crippen LogP contribution in [0.25, 0.3) is 0 Å². The number of hydrogen-bond acceptors (Lipinski definition) is 3. The molecule has 0 spiro atoms. The Morgan fingerprint density at radius 2 is 1.84 bits per heavy atom. The van der Waals surface area contributed by atoms with Gasteiger partial charge >= 0.3 is 0 Å². The molecule has 1 unspecified atom stereocenters. The van der Waals surface area contributed by atoms with Crippen LogP contribution in [0, 0.1) is 11.6 Å². The van der Waals surface area contributed by atoms with Gasteiger partial charge in [0, 0.05) is 12.6 Å². The van der Waals surface area contributed by atoms with Crippen LogP contribution in [0.15, 0.2) is 48.5 Å². The average Bonchev–Trinajstić information content (AvgIpc) is 3.42. The molecule has 6 heteroatoms. The highest BCUT2D eigenvalue weighted by molar-refractivity contribution is 5.92. The third-order valence-electron chi connectivity index (χ3n) is 4.22. The van der Waals surface area contributed by atoms with Gasteiger partial charge in [-0.05, 0) is 42.7 Å². The number of anilines is 1. The quantitative estimate of drug-likeness (QED) is 0.810. The first-order valence-electron chi connectivity index (χ1n) is 8.25. The zero-order chi connectivity index (χ0) is 17.8. The minimum absolute atomic E-state index is 0.0667. The summed E-state index contributed by atoms with van der Waals surface area (Å²) in [7, 11) is 0. The standard InChI is InChI=1S/C19H20F2N2O2/c20-14-7-5-13(6-8-14)18(24)11-23(15-9-10-15)12-19(25)22-17-4-2-1-3-16(17)21/h1-8,15,18,24H,9-12H2,(H,22,25). The Labute approximate surface area is 145 Å². The van der Waals surface area contributed by atoms with Crippen LogP contribution in [-0.4, -0.2) is 35.0 Å². The molecule has 0 heterocycles. The van der Waals surface area contributed by atoms with Crippen molar-refractivity contribution in [1.82, 2.24) is 4.90 Å². The Morgan fingerprint density at radius 1 is 1.16 bits per heavy atom. The lowest BCUT2D eigenvalue weighted by molar-refractivity contribution is -0.117. The molecule has 1 saturated carbocycles. The van der Waals surface area contributed by atoms with Gasteiger partial charge in [0.15, 0.2) is 0 Å². The first-order valence-corrected chi connectivity index (χ1v) is 8.25. The molecular formula is C19H20F2N2O2. The molecule has 2 N–H and O–H groups in total. The summed E-state index contributed by atoms with van der Waals surface area (Å²) in [5.74, 6) is -1.18. The topological polar surface area (TPSA) is 52.6 Å². The van der Waals surface area contributed by atoms with Crippen molar-refractivity contribution in [2.75, 3.05) is 18.4 Å². The van der Waals surface area contributed by atoms with Gasteiger partial charge in [0.1, 0.15) is 11.6 Å². The molecule has 0 radical (unpaired) electrons. The lowest BCUT2D eigenvalue weighted by Gasteiger charge is -2.24. The Morgan fingerprint density at radius 3 is 2.48 bits per heavy atom. The summed E-state index contributed by atoms with van der Waals surface area (Å²) in [5, 5.41) is 12.9. The fourth-order valence-corrected chi connectivity index (χ4v) is 2.73. The van der Waals surface area contributed by atoms with E-state index in [9.17, 15) is 18.7 Å². The first-order chi connectivity index (χ1) is 12.0. The van der Waals surface area contributed by atoms with Crippen molar-refractivity contribution < 1.29 is 18.7 Å². The molecule has 3 rings (SSSR count). The number of carbonyl (C=O) groups excluding carboxylic acids is 1. The molecule has 1 aliphatic rings. The van der Waals surface area contributed by atoms with E-state index < -0.39 is 11.9 Å². The second kappa shape index (κ2) is 7.72. The van der Waals surface area contributed by atoms with Crippen molar-refractivity contribution in [3.8, 4) is 0 Å². The van der Waals surface area contributed by atoms with Crippen LogP contribution in [0.5, 0.6) is 0 Å². The summed E-state index contributed by atoms with van der Waals surface area (Å²) in [5.41, 5.74) is 0.740. The number of carbonyl (C=O) groups is 1. The van der Waals surface area contributed by atoms with Crippen LogP contribution in [0.1, 0.15) is 24.5 Å². The molecule has 1 atom stereocenters. The molecule has 2 aromatic rings. The van der Waals surface area contributed by atoms with Crippen LogP contribution in [0.3, 0.4) is 0 Å². The molecule has 1 amide bonds. The van der Waals surface area contributed by atoms with Crippen molar-refractivity contribution >= 4 is 11.6 Å². The largest absolute Gasteiger partial charge is 0.387 e. The highest BCUT2D eigenvalue weighted by atomic mass is 19.1. The molecule has 0 aliphatic heterocycles. The van der Waals surface area contributed by atoms with Crippen LogP contribution in [-0.2, 0) is 4.79 Å². The summed E-state index contributed by atoms with van der Waals surface area (Å²) < 4.78 is 26.6. The van der Waals surface area contributed by atoms with E-state index in [0.717, 1.165) is 12.8 Å². The van der Waals surface area contributed by atoms with Gasteiger partial charge in [-0.15, -0.1) is 0 Å². The van der Waals surface area contributed by atoms with Crippen molar-refractivity contribution in [3.05, 3.63) is 65.7 Å². The second-order valence-corrected chi connectivity index (χ2v) is 6.26. The molecule has 1 aliphatic carbocycles. The number of hydrogen-bond donors (Lipinski definition) is 2. The Balaban J connectivity index is 1.60. The summed E-state index contributed by atoms with van der Waals surface area (Å²) in [6.07, 6.45) is 1.11. The van der Waals surface area contributed by atoms with Gasteiger partial charge < -0.3 is 10.4 Å². The minimum atomic E-state index is -0.817. The average molecular weight is 346 g/mol. The van der Waals surface area contributed by atoms with Crippen molar-refractivity contribution in [2.24, 2.45) is 0 Å². The summed E-state index contributed by atoms with van der Waals surface area (Å²) in [6.45, 7) is 0.332. The number of nitrogens with one attached hydrogen (secondary N) is 1. The van der Waals surface area contributed by atoms with Crippen LogP contribution in [0.2, 0.25) is 0 Å². The number of para-hydroxylation sites is 1. The maximum Gasteiger partial charge on any atom is 0.238 e. The fourth-order valence-electron chi connectivity index (χ4n) is 2.73. The van der Waals surface area contributed by atoms with Gasteiger partial charge in [-0.1, -0.05) is 24.3 Å². The van der Waals surface area contributed by atoms with E-state index in [0.29, 0.717) is 5.56 Å². The maximum atomic E-state index is 13.6. The number of amides is 1. The number of aliphatic hydroxyl groups excluding tert-OH is 1. The number of rotatable bonds is 7. The van der Waals surface area contributed by atoms with Crippen LogP contribution < -0.4 is 5.32 Å². The lowest BCUT2D eigenvalue weighted by Crippen LogP contribution is -2.37. The van der Waals surface area contributed by atoms with E-state index in [1.807, 2.05) is 4.90 Å². The minimum Gasteiger partial charge on any atom is -0.387 e. The normalized spacial score (nSPS) is 15.2. The molecular weight excluding hydrogens is 326 g/mol. The monoisotopic (exact) mass is 346 g/mol. The van der Waals surface area contributed by atoms with E-state index >= 15 is 0 Å². The van der Waals surface area contributed by atoms with E-state index in [-0.39, 0.29) is 36.5 Å². The molecule has 0 saturated heterocycles. The Hall–Kier alpha value is -2.31. The smallest absolute Gasteiger partial charge is 0.238 e. The predicted molar refractivity (Wildman–Crippen MR) is 91.0 cm³/mol. The second-order valence-electron chi connectivity index (χ2n) is 6.26. The summed E-state index contributed by atoms with van der Waals surface area (Å²) in [4.78, 5) is 14.1. The molecule has 2 aromatic carbocycles. The zero-order valence-corrected chi connectivity index (χ0v) is 13.7. The zero-order valence-electron chi connectivity index (χ0n) is 13.7. The van der Waals surface area contributed by atoms with Crippen molar-refractivity contribution in [2.45, 2.75) is 25.0 Å². The van der Waals surface area contributed by atoms with Crippen LogP contribution >= 0.6 is 0 Å². The van der Waals surface area contributed by atoms with Crippen LogP contribution in [0.4, 0.5) is 14.5 Å². The maximum absolute atomic E-state index is 13.6. The Bertz CT molecular complexity index is 732. The fraction of sp³-hybridized carbons (Fsp3) is 0.316. The van der Waals surface area contributed by atoms with Gasteiger partial charge in [0.2, 0.25) is 5.91 Å². The predicted octanol–water partition coefficient (Wildman–Crippen LogP) is 3.10. The molecule has 1 fully saturated rings. The third-order valence-corrected chi connectivity index (χ3v) is 4.22. The van der Waals surface area contributed by atoms with Gasteiger partial charge in [0.05, 0.1) is 18.3 Å². The first kappa shape index (κ1) is 17.5. The van der Waals surface area contributed by atoms with E-state index in [4.69, 9.17) is 0 Å².